The van der Waals surface area contributed by atoms with E-state index in [0.717, 1.165) is 25.1 Å². The zero-order chi connectivity index (χ0) is 17.5. The van der Waals surface area contributed by atoms with E-state index in [-0.39, 0.29) is 0 Å². The van der Waals surface area contributed by atoms with Gasteiger partial charge in [-0.15, -0.1) is 0 Å². The van der Waals surface area contributed by atoms with Crippen LogP contribution in [0.25, 0.3) is 0 Å². The molecule has 1 N–H and O–H groups in total. The Balaban J connectivity index is 2.00. The minimum absolute atomic E-state index is 0.430. The first-order valence-electron chi connectivity index (χ1n) is 8.05. The smallest absolute Gasteiger partial charge is 0.194 e. The van der Waals surface area contributed by atoms with Crippen LogP contribution in [0.5, 0.6) is 0 Å². The topological polar surface area (TPSA) is 32.6 Å². The summed E-state index contributed by atoms with van der Waals surface area (Å²) in [6.45, 7) is 3.91. The SMILES string of the molecule is CCNC(=NCCc1ccc(F)cc1F)N(C)Cc1cccn1C. The van der Waals surface area contributed by atoms with Crippen molar-refractivity contribution in [2.24, 2.45) is 12.0 Å². The number of guanidine groups is 1. The highest BCUT2D eigenvalue weighted by molar-refractivity contribution is 5.79. The van der Waals surface area contributed by atoms with E-state index in [9.17, 15) is 8.78 Å². The first-order chi connectivity index (χ1) is 11.5. The molecule has 0 atom stereocenters. The molecule has 0 amide bonds. The maximum Gasteiger partial charge on any atom is 0.194 e. The van der Waals surface area contributed by atoms with Crippen molar-refractivity contribution < 1.29 is 8.78 Å². The Morgan fingerprint density at radius 3 is 2.71 bits per heavy atom. The lowest BCUT2D eigenvalue weighted by atomic mass is 10.1. The molecule has 4 nitrogen and oxygen atoms in total. The second kappa shape index (κ2) is 8.47. The van der Waals surface area contributed by atoms with Gasteiger partial charge < -0.3 is 14.8 Å². The molecule has 1 aromatic heterocycles. The number of aryl methyl sites for hydroxylation is 1. The van der Waals surface area contributed by atoms with Gasteiger partial charge in [-0.05, 0) is 37.1 Å². The van der Waals surface area contributed by atoms with E-state index in [1.165, 1.54) is 17.8 Å². The highest BCUT2D eigenvalue weighted by Gasteiger charge is 2.09. The molecule has 2 aromatic rings. The molecule has 0 aliphatic heterocycles. The molecule has 0 bridgehead atoms. The highest BCUT2D eigenvalue weighted by atomic mass is 19.1. The predicted molar refractivity (Wildman–Crippen MR) is 92.9 cm³/mol. The van der Waals surface area contributed by atoms with Crippen LogP contribution in [-0.2, 0) is 20.0 Å². The van der Waals surface area contributed by atoms with Gasteiger partial charge in [0.15, 0.2) is 5.96 Å². The Morgan fingerprint density at radius 2 is 2.08 bits per heavy atom. The van der Waals surface area contributed by atoms with Crippen LogP contribution in [-0.4, -0.2) is 35.6 Å². The maximum atomic E-state index is 13.7. The third-order valence-electron chi connectivity index (χ3n) is 3.80. The van der Waals surface area contributed by atoms with Crippen LogP contribution >= 0.6 is 0 Å². The Labute approximate surface area is 141 Å². The Kier molecular flexibility index (Phi) is 6.35. The van der Waals surface area contributed by atoms with E-state index in [1.54, 1.807) is 0 Å². The van der Waals surface area contributed by atoms with Crippen molar-refractivity contribution in [2.45, 2.75) is 19.9 Å². The fraction of sp³-hybridized carbons (Fsp3) is 0.389. The molecule has 0 spiro atoms. The van der Waals surface area contributed by atoms with Gasteiger partial charge in [0.1, 0.15) is 11.6 Å². The molecule has 0 aliphatic carbocycles. The molecule has 6 heteroatoms. The average molecular weight is 334 g/mol. The number of hydrogen-bond donors (Lipinski definition) is 1. The van der Waals surface area contributed by atoms with Crippen LogP contribution in [0.2, 0.25) is 0 Å². The standard InChI is InChI=1S/C18H24F2N4/c1-4-21-18(24(3)13-16-6-5-11-23(16)2)22-10-9-14-7-8-15(19)12-17(14)20/h5-8,11-12H,4,9-10,13H2,1-3H3,(H,21,22). The first kappa shape index (κ1) is 18.0. The largest absolute Gasteiger partial charge is 0.357 e. The van der Waals surface area contributed by atoms with E-state index >= 15 is 0 Å². The molecule has 0 aliphatic rings. The van der Waals surface area contributed by atoms with Crippen LogP contribution < -0.4 is 5.32 Å². The van der Waals surface area contributed by atoms with Gasteiger partial charge in [0.05, 0.1) is 6.54 Å². The number of benzene rings is 1. The number of aromatic nitrogens is 1. The second-order valence-corrected chi connectivity index (χ2v) is 5.69. The van der Waals surface area contributed by atoms with Crippen molar-refractivity contribution in [3.63, 3.8) is 0 Å². The quantitative estimate of drug-likeness (QED) is 0.651. The van der Waals surface area contributed by atoms with E-state index < -0.39 is 11.6 Å². The van der Waals surface area contributed by atoms with Crippen molar-refractivity contribution in [1.29, 1.82) is 0 Å². The van der Waals surface area contributed by atoms with E-state index in [4.69, 9.17) is 0 Å². The number of halogens is 2. The fourth-order valence-electron chi connectivity index (χ4n) is 2.46. The summed E-state index contributed by atoms with van der Waals surface area (Å²) in [5.41, 5.74) is 1.65. The summed E-state index contributed by atoms with van der Waals surface area (Å²) in [7, 11) is 3.97. The Hall–Kier alpha value is -2.37. The third-order valence-corrected chi connectivity index (χ3v) is 3.80. The summed E-state index contributed by atoms with van der Waals surface area (Å²) < 4.78 is 28.7. The lowest BCUT2D eigenvalue weighted by Gasteiger charge is -2.22. The number of aliphatic imine (C=N–C) groups is 1. The average Bonchev–Trinajstić information content (AvgIpc) is 2.93. The van der Waals surface area contributed by atoms with Crippen LogP contribution in [0.15, 0.2) is 41.5 Å². The summed E-state index contributed by atoms with van der Waals surface area (Å²) in [6, 6.07) is 7.72. The van der Waals surface area contributed by atoms with Gasteiger partial charge in [0.25, 0.3) is 0 Å². The van der Waals surface area contributed by atoms with Crippen molar-refractivity contribution in [3.8, 4) is 0 Å². The molecule has 1 heterocycles. The fourth-order valence-corrected chi connectivity index (χ4v) is 2.46. The Morgan fingerprint density at radius 1 is 1.29 bits per heavy atom. The molecule has 0 saturated heterocycles. The number of rotatable bonds is 6. The predicted octanol–water partition coefficient (Wildman–Crippen LogP) is 2.94. The van der Waals surface area contributed by atoms with E-state index in [2.05, 4.69) is 20.9 Å². The lowest BCUT2D eigenvalue weighted by molar-refractivity contribution is 0.462. The highest BCUT2D eigenvalue weighted by Crippen LogP contribution is 2.10. The normalized spacial score (nSPS) is 11.6. The molecule has 130 valence electrons. The van der Waals surface area contributed by atoms with Gasteiger partial charge in [-0.1, -0.05) is 6.07 Å². The zero-order valence-electron chi connectivity index (χ0n) is 14.4. The summed E-state index contributed by atoms with van der Waals surface area (Å²) in [4.78, 5) is 6.57. The first-order valence-corrected chi connectivity index (χ1v) is 8.05. The van der Waals surface area contributed by atoms with Crippen molar-refractivity contribution in [1.82, 2.24) is 14.8 Å². The van der Waals surface area contributed by atoms with E-state index in [0.29, 0.717) is 18.5 Å². The summed E-state index contributed by atoms with van der Waals surface area (Å²) in [6.07, 6.45) is 2.43. The molecule has 0 radical (unpaired) electrons. The molecule has 0 saturated carbocycles. The molecule has 1 aromatic carbocycles. The van der Waals surface area contributed by atoms with Crippen molar-refractivity contribution in [3.05, 3.63) is 59.4 Å². The van der Waals surface area contributed by atoms with E-state index in [1.807, 2.05) is 38.2 Å². The lowest BCUT2D eigenvalue weighted by Crippen LogP contribution is -2.39. The second-order valence-electron chi connectivity index (χ2n) is 5.69. The molecular formula is C18H24F2N4. The summed E-state index contributed by atoms with van der Waals surface area (Å²) in [5.74, 6) is -0.316. The van der Waals surface area contributed by atoms with Crippen molar-refractivity contribution >= 4 is 5.96 Å². The zero-order valence-corrected chi connectivity index (χ0v) is 14.4. The summed E-state index contributed by atoms with van der Waals surface area (Å²) >= 11 is 0. The van der Waals surface area contributed by atoms with Crippen molar-refractivity contribution in [2.75, 3.05) is 20.1 Å². The minimum atomic E-state index is -0.560. The molecular weight excluding hydrogens is 310 g/mol. The molecule has 0 fully saturated rings. The Bertz CT molecular complexity index is 694. The number of hydrogen-bond acceptors (Lipinski definition) is 1. The van der Waals surface area contributed by atoms with Gasteiger partial charge in [0, 0.05) is 45.1 Å². The summed E-state index contributed by atoms with van der Waals surface area (Å²) in [5, 5.41) is 3.24. The third kappa shape index (κ3) is 4.81. The van der Waals surface area contributed by atoms with Crippen LogP contribution in [0, 0.1) is 11.6 Å². The van der Waals surface area contributed by atoms with Gasteiger partial charge in [-0.25, -0.2) is 8.78 Å². The van der Waals surface area contributed by atoms with Crippen LogP contribution in [0.3, 0.4) is 0 Å². The molecule has 0 unspecified atom stereocenters. The maximum absolute atomic E-state index is 13.7. The van der Waals surface area contributed by atoms with Gasteiger partial charge in [0.2, 0.25) is 0 Å². The minimum Gasteiger partial charge on any atom is -0.357 e. The molecule has 2 rings (SSSR count). The van der Waals surface area contributed by atoms with Crippen LogP contribution in [0.4, 0.5) is 8.78 Å². The van der Waals surface area contributed by atoms with Gasteiger partial charge in [-0.2, -0.15) is 0 Å². The molecule has 24 heavy (non-hydrogen) atoms. The number of nitrogens with zero attached hydrogens (tertiary/aromatic N) is 3. The van der Waals surface area contributed by atoms with Gasteiger partial charge in [-0.3, -0.25) is 4.99 Å². The monoisotopic (exact) mass is 334 g/mol. The van der Waals surface area contributed by atoms with Crippen LogP contribution in [0.1, 0.15) is 18.2 Å². The van der Waals surface area contributed by atoms with Gasteiger partial charge >= 0.3 is 0 Å². The number of nitrogens with one attached hydrogen (secondary N) is 1.